The molecular formula is C20H20F2N4O5S. The number of imidazole rings is 1. The summed E-state index contributed by atoms with van der Waals surface area (Å²) in [6.45, 7) is 2.99. The van der Waals surface area contributed by atoms with Crippen molar-refractivity contribution in [3.05, 3.63) is 71.4 Å². The van der Waals surface area contributed by atoms with Crippen LogP contribution in [-0.2, 0) is 28.0 Å². The first-order valence-electron chi connectivity index (χ1n) is 9.38. The molecule has 12 heteroatoms. The minimum absolute atomic E-state index is 0.0134. The molecule has 0 fully saturated rings. The first-order valence-corrected chi connectivity index (χ1v) is 10.8. The lowest BCUT2D eigenvalue weighted by Gasteiger charge is -2.14. The quantitative estimate of drug-likeness (QED) is 0.506. The molecule has 0 atom stereocenters. The first-order chi connectivity index (χ1) is 15.1. The highest BCUT2D eigenvalue weighted by atomic mass is 32.2. The molecule has 3 rings (SSSR count). The van der Waals surface area contributed by atoms with Crippen LogP contribution in [0.1, 0.15) is 36.8 Å². The maximum atomic E-state index is 13.6. The van der Waals surface area contributed by atoms with Crippen molar-refractivity contribution in [2.75, 3.05) is 0 Å². The van der Waals surface area contributed by atoms with Gasteiger partial charge in [-0.2, -0.15) is 8.42 Å². The summed E-state index contributed by atoms with van der Waals surface area (Å²) in [5.74, 6) is -2.85. The second kappa shape index (κ2) is 9.30. The monoisotopic (exact) mass is 466 g/mol. The van der Waals surface area contributed by atoms with Crippen molar-refractivity contribution in [3.63, 3.8) is 0 Å². The molecule has 0 aliphatic rings. The van der Waals surface area contributed by atoms with Crippen molar-refractivity contribution in [1.29, 1.82) is 0 Å². The predicted molar refractivity (Wildman–Crippen MR) is 108 cm³/mol. The molecule has 0 unspecified atom stereocenters. The number of hydrogen-bond donors (Lipinski definition) is 1. The molecule has 2 heterocycles. The zero-order valence-electron chi connectivity index (χ0n) is 17.2. The van der Waals surface area contributed by atoms with Gasteiger partial charge in [0.25, 0.3) is 0 Å². The van der Waals surface area contributed by atoms with E-state index in [9.17, 15) is 22.0 Å². The molecule has 2 N–H and O–H groups in total. The molecular weight excluding hydrogens is 446 g/mol. The summed E-state index contributed by atoms with van der Waals surface area (Å²) in [6.07, 6.45) is 2.00. The van der Waals surface area contributed by atoms with Crippen LogP contribution in [-0.4, -0.2) is 29.0 Å². The second-order valence-corrected chi connectivity index (χ2v) is 8.53. The number of nitrogens with zero attached hydrogens (tertiary/aromatic N) is 3. The average Bonchev–Trinajstić information content (AvgIpc) is 3.05. The fraction of sp³-hybridized carbons (Fsp3) is 0.250. The van der Waals surface area contributed by atoms with Gasteiger partial charge in [0.05, 0.1) is 12.2 Å². The van der Waals surface area contributed by atoms with Crippen molar-refractivity contribution in [2.45, 2.75) is 37.9 Å². The highest BCUT2D eigenvalue weighted by molar-refractivity contribution is 7.87. The van der Waals surface area contributed by atoms with Gasteiger partial charge in [-0.15, -0.1) is 0 Å². The molecule has 0 saturated carbocycles. The summed E-state index contributed by atoms with van der Waals surface area (Å²) in [7, 11) is -4.62. The van der Waals surface area contributed by atoms with Crippen LogP contribution in [0.4, 0.5) is 13.6 Å². The number of aromatic nitrogens is 3. The Morgan fingerprint density at radius 2 is 1.91 bits per heavy atom. The van der Waals surface area contributed by atoms with Gasteiger partial charge in [0.2, 0.25) is 0 Å². The number of hydrogen-bond acceptors (Lipinski definition) is 7. The van der Waals surface area contributed by atoms with Crippen LogP contribution in [0.15, 0.2) is 47.8 Å². The summed E-state index contributed by atoms with van der Waals surface area (Å²) in [5, 5.41) is -0.343. The number of nitrogens with two attached hydrogens (primary N) is 1. The standard InChI is InChI=1S/C20H20F2N4O5S/c1-12(2)18-19(32(28,29)31-16-7-14(21)6-15(22)8-16)26(10-13-4-3-5-24-9-13)17(25-18)11-30-20(23)27/h3-9,12H,10-11H2,1-2H3,(H2,23,27). The molecule has 0 spiro atoms. The summed E-state index contributed by atoms with van der Waals surface area (Å²) < 4.78 is 64.7. The van der Waals surface area contributed by atoms with Gasteiger partial charge in [-0.05, 0) is 17.5 Å². The Morgan fingerprint density at radius 1 is 1.22 bits per heavy atom. The van der Waals surface area contributed by atoms with E-state index >= 15 is 0 Å². The molecule has 0 saturated heterocycles. The Balaban J connectivity index is 2.15. The van der Waals surface area contributed by atoms with E-state index in [2.05, 4.69) is 9.97 Å². The second-order valence-electron chi connectivity index (χ2n) is 7.07. The maximum Gasteiger partial charge on any atom is 0.404 e. The normalized spacial score (nSPS) is 11.5. The van der Waals surface area contributed by atoms with Crippen LogP contribution >= 0.6 is 0 Å². The van der Waals surface area contributed by atoms with Crippen LogP contribution in [0, 0.1) is 11.6 Å². The highest BCUT2D eigenvalue weighted by Crippen LogP contribution is 2.29. The van der Waals surface area contributed by atoms with Crippen LogP contribution in [0.25, 0.3) is 0 Å². The van der Waals surface area contributed by atoms with E-state index in [0.717, 1.165) is 12.1 Å². The Labute approximate surface area is 182 Å². The van der Waals surface area contributed by atoms with Gasteiger partial charge in [0.15, 0.2) is 11.6 Å². The number of primary amides is 1. The molecule has 170 valence electrons. The van der Waals surface area contributed by atoms with Gasteiger partial charge in [-0.25, -0.2) is 18.6 Å². The number of carbonyl (C=O) groups excluding carboxylic acids is 1. The zero-order chi connectivity index (χ0) is 23.5. The van der Waals surface area contributed by atoms with Crippen LogP contribution in [0.5, 0.6) is 5.75 Å². The summed E-state index contributed by atoms with van der Waals surface area (Å²) in [4.78, 5) is 19.4. The van der Waals surface area contributed by atoms with Gasteiger partial charge < -0.3 is 19.2 Å². The zero-order valence-corrected chi connectivity index (χ0v) is 18.0. The smallest absolute Gasteiger partial charge is 0.404 e. The van der Waals surface area contributed by atoms with Crippen LogP contribution in [0.3, 0.4) is 0 Å². The molecule has 0 bridgehead atoms. The molecule has 32 heavy (non-hydrogen) atoms. The molecule has 1 amide bonds. The van der Waals surface area contributed by atoms with Crippen LogP contribution < -0.4 is 9.92 Å². The number of pyridine rings is 1. The van der Waals surface area contributed by atoms with E-state index < -0.39 is 46.1 Å². The number of carbonyl (C=O) groups is 1. The lowest BCUT2D eigenvalue weighted by atomic mass is 10.1. The van der Waals surface area contributed by atoms with Gasteiger partial charge in [-0.3, -0.25) is 4.98 Å². The van der Waals surface area contributed by atoms with Gasteiger partial charge in [0, 0.05) is 30.6 Å². The van der Waals surface area contributed by atoms with Crippen molar-refractivity contribution in [2.24, 2.45) is 5.73 Å². The lowest BCUT2D eigenvalue weighted by Crippen LogP contribution is -2.20. The van der Waals surface area contributed by atoms with E-state index in [1.165, 1.54) is 10.8 Å². The Bertz CT molecular complexity index is 1210. The van der Waals surface area contributed by atoms with E-state index in [0.29, 0.717) is 11.6 Å². The van der Waals surface area contributed by atoms with Crippen molar-refractivity contribution in [3.8, 4) is 5.75 Å². The first kappa shape index (κ1) is 23.1. The number of benzene rings is 1. The molecule has 0 radical (unpaired) electrons. The van der Waals surface area contributed by atoms with Crippen molar-refractivity contribution in [1.82, 2.24) is 14.5 Å². The Hall–Kier alpha value is -3.54. The third-order valence-corrected chi connectivity index (χ3v) is 5.57. The SMILES string of the molecule is CC(C)c1nc(COC(N)=O)n(Cc2cccnc2)c1S(=O)(=O)Oc1cc(F)cc(F)c1. The Kier molecular flexibility index (Phi) is 6.72. The van der Waals surface area contributed by atoms with E-state index in [4.69, 9.17) is 14.7 Å². The van der Waals surface area contributed by atoms with E-state index in [-0.39, 0.29) is 23.1 Å². The molecule has 0 aliphatic carbocycles. The fourth-order valence-electron chi connectivity index (χ4n) is 2.97. The summed E-state index contributed by atoms with van der Waals surface area (Å²) in [5.41, 5.74) is 5.78. The van der Waals surface area contributed by atoms with Crippen molar-refractivity contribution < 1.29 is 30.9 Å². The van der Waals surface area contributed by atoms with E-state index in [1.807, 2.05) is 0 Å². The minimum atomic E-state index is -4.62. The average molecular weight is 466 g/mol. The molecule has 3 aromatic rings. The van der Waals surface area contributed by atoms with Crippen LogP contribution in [0.2, 0.25) is 0 Å². The number of amides is 1. The lowest BCUT2D eigenvalue weighted by molar-refractivity contribution is 0.145. The third-order valence-electron chi connectivity index (χ3n) is 4.26. The third kappa shape index (κ3) is 5.38. The van der Waals surface area contributed by atoms with Crippen molar-refractivity contribution >= 4 is 16.2 Å². The Morgan fingerprint density at radius 3 is 2.47 bits per heavy atom. The number of rotatable bonds is 8. The minimum Gasteiger partial charge on any atom is -0.442 e. The summed E-state index contributed by atoms with van der Waals surface area (Å²) >= 11 is 0. The highest BCUT2D eigenvalue weighted by Gasteiger charge is 2.32. The largest absolute Gasteiger partial charge is 0.442 e. The molecule has 2 aromatic heterocycles. The maximum absolute atomic E-state index is 13.6. The summed E-state index contributed by atoms with van der Waals surface area (Å²) in [6, 6.07) is 5.45. The topological polar surface area (TPSA) is 126 Å². The predicted octanol–water partition coefficient (Wildman–Crippen LogP) is 3.09. The van der Waals surface area contributed by atoms with Gasteiger partial charge in [-0.1, -0.05) is 19.9 Å². The number of halogens is 2. The van der Waals surface area contributed by atoms with Gasteiger partial charge >= 0.3 is 16.2 Å². The number of ether oxygens (including phenoxy) is 1. The molecule has 1 aromatic carbocycles. The molecule has 0 aliphatic heterocycles. The molecule has 9 nitrogen and oxygen atoms in total. The fourth-order valence-corrected chi connectivity index (χ4v) is 4.37. The van der Waals surface area contributed by atoms with Gasteiger partial charge in [0.1, 0.15) is 23.2 Å². The van der Waals surface area contributed by atoms with E-state index in [1.54, 1.807) is 32.2 Å².